The minimum Gasteiger partial charge on any atom is -0.377 e. The maximum atomic E-state index is 12.0. The van der Waals surface area contributed by atoms with Crippen LogP contribution in [0.2, 0.25) is 0 Å². The number of hydrogen-bond donors (Lipinski definition) is 4. The van der Waals surface area contributed by atoms with E-state index in [-0.39, 0.29) is 36.2 Å². The highest BCUT2D eigenvalue weighted by molar-refractivity contribution is 5.99. The minimum atomic E-state index is -0.359. The average molecular weight is 691 g/mol. The van der Waals surface area contributed by atoms with Crippen LogP contribution < -0.4 is 21.3 Å². The fourth-order valence-corrected chi connectivity index (χ4v) is 3.27. The van der Waals surface area contributed by atoms with Crippen molar-refractivity contribution in [1.82, 2.24) is 21.3 Å². The number of Topliss-reactive ketones (excluding diaryl/α,β-unsaturated/α-hetero) is 2. The highest BCUT2D eigenvalue weighted by atomic mass is 16.5. The van der Waals surface area contributed by atoms with Gasteiger partial charge in [-0.25, -0.2) is 0 Å². The van der Waals surface area contributed by atoms with Crippen molar-refractivity contribution in [3.8, 4) is 0 Å². The van der Waals surface area contributed by atoms with Crippen LogP contribution in [0.15, 0.2) is 48.5 Å². The van der Waals surface area contributed by atoms with E-state index in [0.29, 0.717) is 67.4 Å². The van der Waals surface area contributed by atoms with E-state index in [2.05, 4.69) is 35.1 Å². The van der Waals surface area contributed by atoms with Crippen molar-refractivity contribution < 1.29 is 33.4 Å². The van der Waals surface area contributed by atoms with Crippen molar-refractivity contribution in [3.63, 3.8) is 0 Å². The molecule has 0 spiro atoms. The van der Waals surface area contributed by atoms with Gasteiger partial charge in [0, 0.05) is 34.3 Å². The first-order chi connectivity index (χ1) is 23.5. The van der Waals surface area contributed by atoms with Gasteiger partial charge in [-0.3, -0.25) is 19.2 Å². The molecule has 0 heterocycles. The fourth-order valence-electron chi connectivity index (χ4n) is 3.27. The molecule has 11 nitrogen and oxygen atoms in total. The summed E-state index contributed by atoms with van der Waals surface area (Å²) in [6.45, 7) is 24.3. The monoisotopic (exact) mass is 690 g/mol. The van der Waals surface area contributed by atoms with Crippen LogP contribution in [0.4, 0.5) is 0 Å². The number of hydrogen-bond acceptors (Lipinski definition) is 9. The number of amides is 2. The van der Waals surface area contributed by atoms with E-state index in [1.165, 1.54) is 13.8 Å². The number of rotatable bonds is 18. The van der Waals surface area contributed by atoms with Gasteiger partial charge in [0.25, 0.3) is 11.8 Å². The molecular weight excluding hydrogens is 624 g/mol. The van der Waals surface area contributed by atoms with Gasteiger partial charge in [-0.15, -0.1) is 0 Å². The van der Waals surface area contributed by atoms with Crippen LogP contribution in [0, 0.1) is 0 Å². The van der Waals surface area contributed by atoms with Crippen LogP contribution in [-0.2, 0) is 14.2 Å². The maximum absolute atomic E-state index is 12.0. The van der Waals surface area contributed by atoms with Crippen molar-refractivity contribution in [2.75, 3.05) is 53.8 Å². The summed E-state index contributed by atoms with van der Waals surface area (Å²) >= 11 is 0. The standard InChI is InChI=1S/C19H18N2O4.C13H30N2O3.3C2H6/c1-12(22)14-3-7-16(8-4-14)18(24)20-11-21-19(25)17-9-5-15(6-10-17)13(2)23;1-11(14-4)8-16-6-7-17-10-13(3)18-9-12(2)15-5;3*1-2/h3-10H,11H2,1-2H3,(H,20,24)(H,21,25);11-15H,6-10H2,1-5H3;3*1-2H3. The summed E-state index contributed by atoms with van der Waals surface area (Å²) in [5, 5.41) is 11.4. The summed E-state index contributed by atoms with van der Waals surface area (Å²) in [7, 11) is 3.86. The van der Waals surface area contributed by atoms with Gasteiger partial charge in [0.1, 0.15) is 0 Å². The Hall–Kier alpha value is -3.48. The second-order valence-electron chi connectivity index (χ2n) is 10.1. The van der Waals surface area contributed by atoms with Crippen molar-refractivity contribution in [2.45, 2.75) is 94.3 Å². The van der Waals surface area contributed by atoms with Crippen LogP contribution in [0.25, 0.3) is 0 Å². The molecule has 0 saturated carbocycles. The van der Waals surface area contributed by atoms with Crippen LogP contribution in [0.5, 0.6) is 0 Å². The Bertz CT molecular complexity index is 1060. The van der Waals surface area contributed by atoms with E-state index in [0.717, 1.165) is 0 Å². The normalized spacial score (nSPS) is 11.5. The topological polar surface area (TPSA) is 144 Å². The van der Waals surface area contributed by atoms with E-state index in [4.69, 9.17) is 14.2 Å². The second-order valence-corrected chi connectivity index (χ2v) is 10.1. The van der Waals surface area contributed by atoms with Gasteiger partial charge < -0.3 is 35.5 Å². The van der Waals surface area contributed by atoms with E-state index in [9.17, 15) is 19.2 Å². The Morgan fingerprint density at radius 2 is 0.878 bits per heavy atom. The summed E-state index contributed by atoms with van der Waals surface area (Å²) in [6, 6.07) is 13.3. The number of ketones is 2. The van der Waals surface area contributed by atoms with E-state index in [1.54, 1.807) is 48.5 Å². The predicted molar refractivity (Wildman–Crippen MR) is 201 cm³/mol. The molecule has 2 rings (SSSR count). The van der Waals surface area contributed by atoms with Gasteiger partial charge in [0.05, 0.1) is 45.8 Å². The molecule has 2 amide bonds. The second kappa shape index (κ2) is 33.0. The van der Waals surface area contributed by atoms with Gasteiger partial charge in [-0.1, -0.05) is 65.8 Å². The largest absolute Gasteiger partial charge is 0.377 e. The molecule has 0 fully saturated rings. The van der Waals surface area contributed by atoms with E-state index in [1.807, 2.05) is 62.6 Å². The lowest BCUT2D eigenvalue weighted by Crippen LogP contribution is -2.37. The van der Waals surface area contributed by atoms with E-state index >= 15 is 0 Å². The zero-order chi connectivity index (χ0) is 38.2. The van der Waals surface area contributed by atoms with Crippen LogP contribution >= 0.6 is 0 Å². The SMILES string of the molecule is CC.CC.CC.CC(=O)c1ccc(C(=O)NCNC(=O)c2ccc(C(C)=O)cc2)cc1.CNC(C)COCCOCC(C)OCC(C)NC. The van der Waals surface area contributed by atoms with Crippen molar-refractivity contribution >= 4 is 23.4 Å². The molecule has 49 heavy (non-hydrogen) atoms. The molecular formula is C38H66N4O7. The molecule has 0 bridgehead atoms. The molecule has 2 aromatic carbocycles. The maximum Gasteiger partial charge on any atom is 0.252 e. The number of likely N-dealkylation sites (N-methyl/N-ethyl adjacent to an activating group) is 2. The van der Waals surface area contributed by atoms with Crippen molar-refractivity contribution in [3.05, 3.63) is 70.8 Å². The molecule has 280 valence electrons. The molecule has 0 aliphatic heterocycles. The molecule has 3 atom stereocenters. The number of carbonyl (C=O) groups is 4. The lowest BCUT2D eigenvalue weighted by Gasteiger charge is -2.17. The molecule has 2 aromatic rings. The van der Waals surface area contributed by atoms with Gasteiger partial charge in [-0.2, -0.15) is 0 Å². The molecule has 0 aliphatic rings. The summed E-state index contributed by atoms with van der Waals surface area (Å²) in [5.74, 6) is -0.866. The number of carbonyl (C=O) groups excluding carboxylic acids is 4. The van der Waals surface area contributed by atoms with E-state index < -0.39 is 0 Å². The highest BCUT2D eigenvalue weighted by Crippen LogP contribution is 2.06. The molecule has 0 aromatic heterocycles. The lowest BCUT2D eigenvalue weighted by atomic mass is 10.1. The lowest BCUT2D eigenvalue weighted by molar-refractivity contribution is -0.0285. The first-order valence-electron chi connectivity index (χ1n) is 17.4. The molecule has 0 radical (unpaired) electrons. The number of ether oxygens (including phenoxy) is 3. The highest BCUT2D eigenvalue weighted by Gasteiger charge is 2.09. The molecule has 4 N–H and O–H groups in total. The summed E-state index contributed by atoms with van der Waals surface area (Å²) in [5.41, 5.74) is 1.84. The Labute approximate surface area is 296 Å². The fraction of sp³-hybridized carbons (Fsp3) is 0.579. The first-order valence-corrected chi connectivity index (χ1v) is 17.4. The van der Waals surface area contributed by atoms with Gasteiger partial charge in [0.15, 0.2) is 11.6 Å². The van der Waals surface area contributed by atoms with Crippen LogP contribution in [-0.4, -0.2) is 95.4 Å². The Balaban J connectivity index is -0.000000780. The Morgan fingerprint density at radius 3 is 1.22 bits per heavy atom. The first kappa shape index (κ1) is 49.9. The van der Waals surface area contributed by atoms with Crippen molar-refractivity contribution in [1.29, 1.82) is 0 Å². The van der Waals surface area contributed by atoms with Gasteiger partial charge in [-0.05, 0) is 73.0 Å². The molecule has 0 saturated heterocycles. The minimum absolute atomic E-state index is 0.0411. The smallest absolute Gasteiger partial charge is 0.252 e. The predicted octanol–water partition coefficient (Wildman–Crippen LogP) is 5.93. The molecule has 3 unspecified atom stereocenters. The number of benzene rings is 2. The quantitative estimate of drug-likeness (QED) is 0.0850. The average Bonchev–Trinajstić information content (AvgIpc) is 3.14. The third kappa shape index (κ3) is 25.2. The summed E-state index contributed by atoms with van der Waals surface area (Å²) in [6.07, 6.45) is 0.122. The van der Waals surface area contributed by atoms with Crippen molar-refractivity contribution in [2.24, 2.45) is 0 Å². The third-order valence-electron chi connectivity index (χ3n) is 6.31. The third-order valence-corrected chi connectivity index (χ3v) is 6.31. The zero-order valence-corrected chi connectivity index (χ0v) is 32.5. The number of nitrogens with one attached hydrogen (secondary N) is 4. The van der Waals surface area contributed by atoms with Crippen LogP contribution in [0.1, 0.15) is 118 Å². The Morgan fingerprint density at radius 1 is 0.551 bits per heavy atom. The summed E-state index contributed by atoms with van der Waals surface area (Å²) in [4.78, 5) is 46.4. The zero-order valence-electron chi connectivity index (χ0n) is 32.5. The Kier molecular flexibility index (Phi) is 33.6. The molecule has 11 heteroatoms. The molecule has 0 aliphatic carbocycles. The van der Waals surface area contributed by atoms with Crippen LogP contribution in [0.3, 0.4) is 0 Å². The van der Waals surface area contributed by atoms with Gasteiger partial charge >= 0.3 is 0 Å². The summed E-state index contributed by atoms with van der Waals surface area (Å²) < 4.78 is 16.5. The van der Waals surface area contributed by atoms with Gasteiger partial charge in [0.2, 0.25) is 0 Å².